The van der Waals surface area contributed by atoms with E-state index in [4.69, 9.17) is 0 Å². The molecule has 16 heavy (non-hydrogen) atoms. The highest BCUT2D eigenvalue weighted by Crippen LogP contribution is 2.14. The zero-order valence-corrected chi connectivity index (χ0v) is 9.52. The van der Waals surface area contributed by atoms with Crippen LogP contribution < -0.4 is 0 Å². The van der Waals surface area contributed by atoms with E-state index in [2.05, 4.69) is 0 Å². The van der Waals surface area contributed by atoms with E-state index in [1.165, 1.54) is 0 Å². The van der Waals surface area contributed by atoms with Crippen LogP contribution in [0, 0.1) is 6.92 Å². The lowest BCUT2D eigenvalue weighted by molar-refractivity contribution is 0.0546. The van der Waals surface area contributed by atoms with Gasteiger partial charge in [-0.2, -0.15) is 0 Å². The molecule has 1 heterocycles. The van der Waals surface area contributed by atoms with Crippen molar-refractivity contribution in [2.24, 2.45) is 0 Å². The van der Waals surface area contributed by atoms with Gasteiger partial charge in [-0.1, -0.05) is 17.7 Å². The number of hydrogen-bond donors (Lipinski definition) is 1. The summed E-state index contributed by atoms with van der Waals surface area (Å²) < 4.78 is 0. The summed E-state index contributed by atoms with van der Waals surface area (Å²) in [5.74, 6) is 0.0758. The molecule has 0 atom stereocenters. The molecule has 3 nitrogen and oxygen atoms in total. The minimum absolute atomic E-state index is 0.0758. The number of nitrogens with zero attached hydrogens (tertiary/aromatic N) is 1. The second kappa shape index (κ2) is 4.66. The van der Waals surface area contributed by atoms with E-state index < -0.39 is 0 Å². The molecule has 0 radical (unpaired) electrons. The highest BCUT2D eigenvalue weighted by molar-refractivity contribution is 5.94. The SMILES string of the molecule is Cc1ccc(C(=O)N2CCC(O)CC2)cc1. The van der Waals surface area contributed by atoms with Crippen LogP contribution in [0.4, 0.5) is 0 Å². The van der Waals surface area contributed by atoms with Crippen molar-refractivity contribution >= 4 is 5.91 Å². The zero-order valence-electron chi connectivity index (χ0n) is 9.52. The molecular weight excluding hydrogens is 202 g/mol. The Morgan fingerprint density at radius 2 is 1.81 bits per heavy atom. The first kappa shape index (κ1) is 11.1. The number of hydrogen-bond acceptors (Lipinski definition) is 2. The molecule has 0 spiro atoms. The Morgan fingerprint density at radius 1 is 1.25 bits per heavy atom. The molecule has 1 aliphatic heterocycles. The van der Waals surface area contributed by atoms with Gasteiger partial charge in [-0.3, -0.25) is 4.79 Å². The lowest BCUT2D eigenvalue weighted by Gasteiger charge is -2.29. The number of aliphatic hydroxyl groups excluding tert-OH is 1. The summed E-state index contributed by atoms with van der Waals surface area (Å²) in [7, 11) is 0. The first-order valence-electron chi connectivity index (χ1n) is 5.71. The fraction of sp³-hybridized carbons (Fsp3) is 0.462. The summed E-state index contributed by atoms with van der Waals surface area (Å²) in [6, 6.07) is 7.63. The predicted octanol–water partition coefficient (Wildman–Crippen LogP) is 1.59. The van der Waals surface area contributed by atoms with E-state index in [-0.39, 0.29) is 12.0 Å². The Bertz CT molecular complexity index is 364. The van der Waals surface area contributed by atoms with Crippen molar-refractivity contribution < 1.29 is 9.90 Å². The second-order valence-electron chi connectivity index (χ2n) is 4.39. The quantitative estimate of drug-likeness (QED) is 0.779. The van der Waals surface area contributed by atoms with Gasteiger partial charge in [-0.25, -0.2) is 0 Å². The van der Waals surface area contributed by atoms with Crippen molar-refractivity contribution in [3.05, 3.63) is 35.4 Å². The number of benzene rings is 1. The average Bonchev–Trinajstić information content (AvgIpc) is 2.30. The van der Waals surface area contributed by atoms with Crippen LogP contribution in [0.3, 0.4) is 0 Å². The number of rotatable bonds is 1. The van der Waals surface area contributed by atoms with Gasteiger partial charge in [0.15, 0.2) is 0 Å². The minimum atomic E-state index is -0.234. The number of aryl methyl sites for hydroxylation is 1. The molecule has 2 rings (SSSR count). The van der Waals surface area contributed by atoms with E-state index in [0.29, 0.717) is 25.9 Å². The van der Waals surface area contributed by atoms with Gasteiger partial charge in [-0.05, 0) is 31.9 Å². The Kier molecular flexibility index (Phi) is 3.25. The van der Waals surface area contributed by atoms with Crippen LogP contribution >= 0.6 is 0 Å². The van der Waals surface area contributed by atoms with Crippen molar-refractivity contribution in [3.63, 3.8) is 0 Å². The maximum Gasteiger partial charge on any atom is 0.253 e. The van der Waals surface area contributed by atoms with Crippen molar-refractivity contribution in [1.82, 2.24) is 4.90 Å². The van der Waals surface area contributed by atoms with Gasteiger partial charge < -0.3 is 10.0 Å². The van der Waals surface area contributed by atoms with Crippen LogP contribution in [-0.4, -0.2) is 35.1 Å². The topological polar surface area (TPSA) is 40.5 Å². The van der Waals surface area contributed by atoms with E-state index in [9.17, 15) is 9.90 Å². The van der Waals surface area contributed by atoms with E-state index >= 15 is 0 Å². The summed E-state index contributed by atoms with van der Waals surface area (Å²) in [4.78, 5) is 13.9. The molecule has 1 saturated heterocycles. The summed E-state index contributed by atoms with van der Waals surface area (Å²) in [6.07, 6.45) is 1.15. The van der Waals surface area contributed by atoms with Gasteiger partial charge in [-0.15, -0.1) is 0 Å². The Morgan fingerprint density at radius 3 is 2.38 bits per heavy atom. The molecule has 1 N–H and O–H groups in total. The Balaban J connectivity index is 2.05. The van der Waals surface area contributed by atoms with Gasteiger partial charge in [0.05, 0.1) is 6.10 Å². The Hall–Kier alpha value is -1.35. The normalized spacial score (nSPS) is 17.5. The Labute approximate surface area is 95.7 Å². The third-order valence-corrected chi connectivity index (χ3v) is 3.05. The molecule has 3 heteroatoms. The highest BCUT2D eigenvalue weighted by Gasteiger charge is 2.21. The van der Waals surface area contributed by atoms with Crippen LogP contribution in [0.2, 0.25) is 0 Å². The van der Waals surface area contributed by atoms with Gasteiger partial charge in [0, 0.05) is 18.7 Å². The van der Waals surface area contributed by atoms with E-state index in [1.54, 1.807) is 0 Å². The zero-order chi connectivity index (χ0) is 11.5. The molecule has 0 unspecified atom stereocenters. The minimum Gasteiger partial charge on any atom is -0.393 e. The third kappa shape index (κ3) is 2.42. The number of amides is 1. The molecule has 1 aromatic rings. The maximum absolute atomic E-state index is 12.1. The second-order valence-corrected chi connectivity index (χ2v) is 4.39. The van der Waals surface area contributed by atoms with Gasteiger partial charge >= 0.3 is 0 Å². The smallest absolute Gasteiger partial charge is 0.253 e. The molecule has 0 aromatic heterocycles. The largest absolute Gasteiger partial charge is 0.393 e. The van der Waals surface area contributed by atoms with Crippen LogP contribution in [-0.2, 0) is 0 Å². The third-order valence-electron chi connectivity index (χ3n) is 3.05. The van der Waals surface area contributed by atoms with Crippen LogP contribution in [0.5, 0.6) is 0 Å². The molecular formula is C13H17NO2. The fourth-order valence-electron chi connectivity index (χ4n) is 1.95. The summed E-state index contributed by atoms with van der Waals surface area (Å²) >= 11 is 0. The fourth-order valence-corrected chi connectivity index (χ4v) is 1.95. The van der Waals surface area contributed by atoms with Crippen LogP contribution in [0.1, 0.15) is 28.8 Å². The molecule has 1 fully saturated rings. The summed E-state index contributed by atoms with van der Waals surface area (Å²) in [5.41, 5.74) is 1.90. The standard InChI is InChI=1S/C13H17NO2/c1-10-2-4-11(5-3-10)13(16)14-8-6-12(15)7-9-14/h2-5,12,15H,6-9H2,1H3. The van der Waals surface area contributed by atoms with Crippen molar-refractivity contribution in [2.45, 2.75) is 25.9 Å². The van der Waals surface area contributed by atoms with Gasteiger partial charge in [0.2, 0.25) is 0 Å². The molecule has 86 valence electrons. The predicted molar refractivity (Wildman–Crippen MR) is 62.3 cm³/mol. The lowest BCUT2D eigenvalue weighted by Crippen LogP contribution is -2.40. The highest BCUT2D eigenvalue weighted by atomic mass is 16.3. The van der Waals surface area contributed by atoms with Gasteiger partial charge in [0.25, 0.3) is 5.91 Å². The number of piperidine rings is 1. The molecule has 0 bridgehead atoms. The first-order chi connectivity index (χ1) is 7.66. The maximum atomic E-state index is 12.1. The number of carbonyl (C=O) groups is 1. The van der Waals surface area contributed by atoms with E-state index in [1.807, 2.05) is 36.1 Å². The summed E-state index contributed by atoms with van der Waals surface area (Å²) in [6.45, 7) is 3.33. The lowest BCUT2D eigenvalue weighted by atomic mass is 10.1. The number of aliphatic hydroxyl groups is 1. The molecule has 1 aromatic carbocycles. The average molecular weight is 219 g/mol. The first-order valence-corrected chi connectivity index (χ1v) is 5.71. The van der Waals surface area contributed by atoms with Gasteiger partial charge in [0.1, 0.15) is 0 Å². The summed E-state index contributed by atoms with van der Waals surface area (Å²) in [5, 5.41) is 9.38. The van der Waals surface area contributed by atoms with Crippen molar-refractivity contribution in [3.8, 4) is 0 Å². The molecule has 1 aliphatic rings. The van der Waals surface area contributed by atoms with Crippen LogP contribution in [0.25, 0.3) is 0 Å². The number of carbonyl (C=O) groups excluding carboxylic acids is 1. The number of likely N-dealkylation sites (tertiary alicyclic amines) is 1. The molecule has 1 amide bonds. The molecule has 0 saturated carbocycles. The van der Waals surface area contributed by atoms with E-state index in [0.717, 1.165) is 11.1 Å². The van der Waals surface area contributed by atoms with Crippen molar-refractivity contribution in [1.29, 1.82) is 0 Å². The van der Waals surface area contributed by atoms with Crippen molar-refractivity contribution in [2.75, 3.05) is 13.1 Å². The van der Waals surface area contributed by atoms with Crippen LogP contribution in [0.15, 0.2) is 24.3 Å². The monoisotopic (exact) mass is 219 g/mol. The molecule has 0 aliphatic carbocycles.